The lowest BCUT2D eigenvalue weighted by atomic mass is 10.2. The number of benzene rings is 2. The first kappa shape index (κ1) is 25.8. The fourth-order valence-electron chi connectivity index (χ4n) is 3.51. The van der Waals surface area contributed by atoms with E-state index in [1.807, 2.05) is 41.3 Å². The molecule has 0 amide bonds. The number of nitrogens with zero attached hydrogens (tertiary/aromatic N) is 2. The molecule has 3 rings (SSSR count). The molecule has 0 radical (unpaired) electrons. The maximum atomic E-state index is 9.40. The van der Waals surface area contributed by atoms with Crippen molar-refractivity contribution in [2.45, 2.75) is 45.4 Å². The molecule has 1 aromatic heterocycles. The highest BCUT2D eigenvalue weighted by Gasteiger charge is 2.12. The Balaban J connectivity index is 0.000000227. The highest BCUT2D eigenvalue weighted by atomic mass is 32.1. The minimum absolute atomic E-state index is 0.434. The quantitative estimate of drug-likeness (QED) is 0.147. The predicted molar refractivity (Wildman–Crippen MR) is 138 cm³/mol. The SMILES string of the molecule is CC(O)CN(CC(C)O)c1ccc(N)cc1.Nc1cc[n+](CCCCS)c2ccccc12. The zero-order valence-corrected chi connectivity index (χ0v) is 20.0. The summed E-state index contributed by atoms with van der Waals surface area (Å²) >= 11 is 4.23. The molecule has 0 fully saturated rings. The molecule has 2 aromatic carbocycles. The van der Waals surface area contributed by atoms with Crippen LogP contribution in [0.5, 0.6) is 0 Å². The van der Waals surface area contributed by atoms with Crippen molar-refractivity contribution < 1.29 is 14.8 Å². The Labute approximate surface area is 196 Å². The predicted octanol–water partition coefficient (Wildman–Crippen LogP) is 3.26. The van der Waals surface area contributed by atoms with Crippen LogP contribution in [-0.4, -0.2) is 41.3 Å². The van der Waals surface area contributed by atoms with Crippen LogP contribution in [-0.2, 0) is 6.54 Å². The normalized spacial score (nSPS) is 12.7. The van der Waals surface area contributed by atoms with Crippen molar-refractivity contribution in [3.8, 4) is 0 Å². The number of nitrogens with two attached hydrogens (primary N) is 2. The van der Waals surface area contributed by atoms with Crippen molar-refractivity contribution >= 4 is 40.6 Å². The summed E-state index contributed by atoms with van der Waals surface area (Å²) < 4.78 is 2.26. The topological polar surface area (TPSA) is 99.6 Å². The monoisotopic (exact) mass is 457 g/mol. The van der Waals surface area contributed by atoms with E-state index in [1.54, 1.807) is 13.8 Å². The van der Waals surface area contributed by atoms with Gasteiger partial charge in [0.15, 0.2) is 6.20 Å². The van der Waals surface area contributed by atoms with Crippen molar-refractivity contribution in [1.29, 1.82) is 0 Å². The number of hydrogen-bond donors (Lipinski definition) is 5. The first-order valence-electron chi connectivity index (χ1n) is 11.1. The smallest absolute Gasteiger partial charge is 0.214 e. The van der Waals surface area contributed by atoms with Crippen LogP contribution < -0.4 is 20.9 Å². The van der Waals surface area contributed by atoms with Crippen molar-refractivity contribution in [2.24, 2.45) is 0 Å². The van der Waals surface area contributed by atoms with Gasteiger partial charge in [0, 0.05) is 43.0 Å². The zero-order valence-electron chi connectivity index (χ0n) is 19.1. The van der Waals surface area contributed by atoms with E-state index in [-0.39, 0.29) is 0 Å². The number of pyridine rings is 1. The van der Waals surface area contributed by atoms with Crippen LogP contribution >= 0.6 is 12.6 Å². The second-order valence-electron chi connectivity index (χ2n) is 8.11. The number of aliphatic hydroxyl groups is 2. The van der Waals surface area contributed by atoms with Crippen LogP contribution in [0.3, 0.4) is 0 Å². The standard InChI is InChI=1S/C13H16N2S.C12H20N2O2/c14-12-7-9-15(8-3-4-10-16)13-6-2-1-5-11(12)13;1-9(15)7-14(8-10(2)16)12-5-3-11(13)4-6-12/h1-2,5-7,9,14,16H,3-4,8,10H2;3-6,9-10,15-16H,7-8,13H2,1-2H3/p+1. The first-order valence-corrected chi connectivity index (χ1v) is 11.7. The summed E-state index contributed by atoms with van der Waals surface area (Å²) in [6, 6.07) is 17.6. The number of para-hydroxylation sites is 1. The van der Waals surface area contributed by atoms with Gasteiger partial charge in [-0.3, -0.25) is 0 Å². The van der Waals surface area contributed by atoms with Crippen molar-refractivity contribution in [2.75, 3.05) is 35.2 Å². The van der Waals surface area contributed by atoms with Gasteiger partial charge in [-0.1, -0.05) is 12.1 Å². The molecule has 2 unspecified atom stereocenters. The summed E-state index contributed by atoms with van der Waals surface area (Å²) in [6.45, 7) is 5.48. The molecule has 174 valence electrons. The van der Waals surface area contributed by atoms with Crippen LogP contribution in [0, 0.1) is 0 Å². The van der Waals surface area contributed by atoms with Crippen LogP contribution in [0.15, 0.2) is 60.8 Å². The second-order valence-corrected chi connectivity index (χ2v) is 8.55. The second kappa shape index (κ2) is 13.2. The van der Waals surface area contributed by atoms with Gasteiger partial charge in [0.2, 0.25) is 5.52 Å². The van der Waals surface area contributed by atoms with Gasteiger partial charge in [0.1, 0.15) is 6.54 Å². The van der Waals surface area contributed by atoms with Gasteiger partial charge < -0.3 is 26.6 Å². The highest BCUT2D eigenvalue weighted by molar-refractivity contribution is 7.80. The Morgan fingerprint density at radius 2 is 1.53 bits per heavy atom. The average molecular weight is 458 g/mol. The Morgan fingerprint density at radius 1 is 0.906 bits per heavy atom. The number of rotatable bonds is 9. The largest absolute Gasteiger partial charge is 0.399 e. The molecule has 6 nitrogen and oxygen atoms in total. The number of fused-ring (bicyclic) bond motifs is 1. The van der Waals surface area contributed by atoms with Gasteiger partial charge >= 0.3 is 0 Å². The number of thiol groups is 1. The summed E-state index contributed by atoms with van der Waals surface area (Å²) in [7, 11) is 0. The van der Waals surface area contributed by atoms with Gasteiger partial charge in [-0.15, -0.1) is 0 Å². The van der Waals surface area contributed by atoms with E-state index < -0.39 is 12.2 Å². The third-order valence-corrected chi connectivity index (χ3v) is 5.31. The minimum atomic E-state index is -0.434. The van der Waals surface area contributed by atoms with E-state index >= 15 is 0 Å². The fourth-order valence-corrected chi connectivity index (χ4v) is 3.73. The molecular weight excluding hydrogens is 420 g/mol. The molecule has 0 saturated heterocycles. The van der Waals surface area contributed by atoms with Crippen LogP contribution in [0.1, 0.15) is 26.7 Å². The Kier molecular flexibility index (Phi) is 10.6. The third kappa shape index (κ3) is 8.22. The molecule has 2 atom stereocenters. The van der Waals surface area contributed by atoms with Gasteiger partial charge in [-0.05, 0) is 56.4 Å². The summed E-state index contributed by atoms with van der Waals surface area (Å²) in [5, 5.41) is 19.9. The maximum absolute atomic E-state index is 9.40. The number of nitrogen functional groups attached to an aromatic ring is 2. The molecule has 7 heteroatoms. The molecule has 3 aromatic rings. The summed E-state index contributed by atoms with van der Waals surface area (Å²) in [6.07, 6.45) is 3.50. The van der Waals surface area contributed by atoms with E-state index in [1.165, 1.54) is 5.52 Å². The fraction of sp³-hybridized carbons (Fsp3) is 0.400. The van der Waals surface area contributed by atoms with Crippen LogP contribution in [0.4, 0.5) is 17.1 Å². The molecule has 0 aliphatic rings. The van der Waals surface area contributed by atoms with E-state index in [2.05, 4.69) is 41.6 Å². The minimum Gasteiger partial charge on any atom is -0.399 e. The summed E-state index contributed by atoms with van der Waals surface area (Å²) in [4.78, 5) is 1.94. The van der Waals surface area contributed by atoms with E-state index in [9.17, 15) is 10.2 Å². The molecule has 0 spiro atoms. The molecule has 0 bridgehead atoms. The van der Waals surface area contributed by atoms with Crippen molar-refractivity contribution in [3.63, 3.8) is 0 Å². The summed E-state index contributed by atoms with van der Waals surface area (Å²) in [5.74, 6) is 0.952. The van der Waals surface area contributed by atoms with E-state index in [0.29, 0.717) is 18.8 Å². The van der Waals surface area contributed by atoms with Crippen molar-refractivity contribution in [1.82, 2.24) is 0 Å². The molecule has 32 heavy (non-hydrogen) atoms. The van der Waals surface area contributed by atoms with E-state index in [4.69, 9.17) is 11.5 Å². The summed E-state index contributed by atoms with van der Waals surface area (Å²) in [5.41, 5.74) is 15.3. The van der Waals surface area contributed by atoms with Crippen molar-refractivity contribution in [3.05, 3.63) is 60.8 Å². The molecular formula is C25H37N4O2S+. The molecule has 0 saturated carbocycles. The average Bonchev–Trinajstić information content (AvgIpc) is 2.76. The van der Waals surface area contributed by atoms with Gasteiger partial charge in [-0.2, -0.15) is 17.2 Å². The molecule has 6 N–H and O–H groups in total. The Hall–Kier alpha value is -2.48. The molecule has 0 aliphatic carbocycles. The maximum Gasteiger partial charge on any atom is 0.214 e. The molecule has 0 aliphatic heterocycles. The number of unbranched alkanes of at least 4 members (excludes halogenated alkanes) is 1. The molecule has 1 heterocycles. The number of aryl methyl sites for hydroxylation is 1. The zero-order chi connectivity index (χ0) is 23.5. The van der Waals surface area contributed by atoms with Gasteiger partial charge in [0.05, 0.1) is 23.3 Å². The van der Waals surface area contributed by atoms with Gasteiger partial charge in [-0.25, -0.2) is 0 Å². The lowest BCUT2D eigenvalue weighted by Crippen LogP contribution is -2.36. The Bertz CT molecular complexity index is 938. The number of hydrogen-bond acceptors (Lipinski definition) is 6. The van der Waals surface area contributed by atoms with Gasteiger partial charge in [0.25, 0.3) is 0 Å². The highest BCUT2D eigenvalue weighted by Crippen LogP contribution is 2.18. The number of aromatic nitrogens is 1. The van der Waals surface area contributed by atoms with E-state index in [0.717, 1.165) is 41.9 Å². The lowest BCUT2D eigenvalue weighted by Gasteiger charge is -2.27. The Morgan fingerprint density at radius 3 is 2.12 bits per heavy atom. The lowest BCUT2D eigenvalue weighted by molar-refractivity contribution is -0.671. The van der Waals surface area contributed by atoms with Crippen LogP contribution in [0.25, 0.3) is 10.9 Å². The number of anilines is 3. The first-order chi connectivity index (χ1) is 15.3. The third-order valence-electron chi connectivity index (χ3n) is 4.99. The van der Waals surface area contributed by atoms with Crippen LogP contribution in [0.2, 0.25) is 0 Å². The number of aliphatic hydroxyl groups excluding tert-OH is 2.